The van der Waals surface area contributed by atoms with E-state index in [0.717, 1.165) is 11.6 Å². The van der Waals surface area contributed by atoms with Crippen LogP contribution in [0.3, 0.4) is 0 Å². The molecule has 2 aromatic rings. The molecule has 21 heavy (non-hydrogen) atoms. The maximum Gasteiger partial charge on any atom is 0.338 e. The highest BCUT2D eigenvalue weighted by molar-refractivity contribution is 5.88. The summed E-state index contributed by atoms with van der Waals surface area (Å²) >= 11 is 0. The fraction of sp³-hybridized carbons (Fsp3) is 0.250. The van der Waals surface area contributed by atoms with Crippen LogP contribution in [0.25, 0.3) is 0 Å². The fourth-order valence-corrected chi connectivity index (χ4v) is 1.94. The maximum atomic E-state index is 14.1. The van der Waals surface area contributed by atoms with Crippen molar-refractivity contribution in [1.29, 1.82) is 0 Å². The topological polar surface area (TPSA) is 59.4 Å². The first-order valence-corrected chi connectivity index (χ1v) is 6.46. The number of rotatable bonds is 3. The Balaban J connectivity index is 2.45. The molecule has 0 aliphatic heterocycles. The molecule has 0 aliphatic carbocycles. The summed E-state index contributed by atoms with van der Waals surface area (Å²) in [4.78, 5) is 14.7. The summed E-state index contributed by atoms with van der Waals surface area (Å²) in [5.74, 6) is -2.22. The van der Waals surface area contributed by atoms with Crippen molar-refractivity contribution in [3.8, 4) is 11.6 Å². The van der Waals surface area contributed by atoms with E-state index in [1.807, 2.05) is 32.9 Å². The molecule has 0 unspecified atom stereocenters. The Labute approximate surface area is 122 Å². The quantitative estimate of drug-likeness (QED) is 0.927. The molecule has 1 heterocycles. The summed E-state index contributed by atoms with van der Waals surface area (Å²) in [6.07, 6.45) is 1.21. The second-order valence-electron chi connectivity index (χ2n) is 5.63. The average Bonchev–Trinajstić information content (AvgIpc) is 2.40. The average molecular weight is 289 g/mol. The molecule has 0 radical (unpaired) electrons. The zero-order valence-corrected chi connectivity index (χ0v) is 12.1. The number of ether oxygens (including phenoxy) is 1. The van der Waals surface area contributed by atoms with Crippen LogP contribution in [0.5, 0.6) is 11.6 Å². The summed E-state index contributed by atoms with van der Waals surface area (Å²) in [5, 5.41) is 8.92. The second kappa shape index (κ2) is 5.52. The molecular formula is C16H16FNO3. The summed E-state index contributed by atoms with van der Waals surface area (Å²) in [5.41, 5.74) is 0.220. The number of halogens is 1. The van der Waals surface area contributed by atoms with E-state index >= 15 is 0 Å². The van der Waals surface area contributed by atoms with Crippen LogP contribution in [0.1, 0.15) is 36.7 Å². The number of benzene rings is 1. The molecule has 1 aromatic carbocycles. The van der Waals surface area contributed by atoms with Crippen LogP contribution >= 0.6 is 0 Å². The minimum atomic E-state index is -1.36. The molecule has 0 aliphatic rings. The van der Waals surface area contributed by atoms with Gasteiger partial charge in [-0.2, -0.15) is 0 Å². The minimum Gasteiger partial charge on any atom is -0.478 e. The zero-order valence-electron chi connectivity index (χ0n) is 12.1. The number of hydrogen-bond donors (Lipinski definition) is 1. The lowest BCUT2D eigenvalue weighted by atomic mass is 9.86. The molecule has 2 rings (SSSR count). The summed E-state index contributed by atoms with van der Waals surface area (Å²) in [6.45, 7) is 6.02. The smallest absolute Gasteiger partial charge is 0.338 e. The lowest BCUT2D eigenvalue weighted by molar-refractivity contribution is 0.0690. The Hall–Kier alpha value is -2.43. The standard InChI is InChI=1S/C16H16FNO3/c1-16(2,3)11-6-4-5-7-12(11)21-14-13(17)10(15(19)20)8-9-18-14/h4-9H,1-3H3,(H,19,20). The third-order valence-electron chi connectivity index (χ3n) is 2.99. The zero-order chi connectivity index (χ0) is 15.6. The van der Waals surface area contributed by atoms with Crippen LogP contribution in [0, 0.1) is 5.82 Å². The van der Waals surface area contributed by atoms with E-state index in [-0.39, 0.29) is 11.3 Å². The maximum absolute atomic E-state index is 14.1. The van der Waals surface area contributed by atoms with Gasteiger partial charge in [0.25, 0.3) is 5.88 Å². The van der Waals surface area contributed by atoms with Gasteiger partial charge in [-0.25, -0.2) is 14.2 Å². The van der Waals surface area contributed by atoms with Crippen molar-refractivity contribution in [2.75, 3.05) is 0 Å². The Morgan fingerprint density at radius 2 is 1.90 bits per heavy atom. The third-order valence-corrected chi connectivity index (χ3v) is 2.99. The third kappa shape index (κ3) is 3.18. The number of hydrogen-bond acceptors (Lipinski definition) is 3. The SMILES string of the molecule is CC(C)(C)c1ccccc1Oc1nccc(C(=O)O)c1F. The molecule has 0 saturated carbocycles. The van der Waals surface area contributed by atoms with Crippen LogP contribution in [0.4, 0.5) is 4.39 Å². The molecule has 110 valence electrons. The number of aromatic nitrogens is 1. The molecule has 0 fully saturated rings. The van der Waals surface area contributed by atoms with Gasteiger partial charge in [0.15, 0.2) is 5.82 Å². The van der Waals surface area contributed by atoms with Gasteiger partial charge in [0.1, 0.15) is 11.3 Å². The van der Waals surface area contributed by atoms with E-state index < -0.39 is 17.3 Å². The molecular weight excluding hydrogens is 273 g/mol. The predicted molar refractivity (Wildman–Crippen MR) is 76.4 cm³/mol. The summed E-state index contributed by atoms with van der Waals surface area (Å²) in [7, 11) is 0. The van der Waals surface area contributed by atoms with Gasteiger partial charge in [-0.1, -0.05) is 39.0 Å². The first kappa shape index (κ1) is 15.0. The first-order chi connectivity index (χ1) is 9.80. The minimum absolute atomic E-state index is 0.197. The molecule has 0 amide bonds. The highest BCUT2D eigenvalue weighted by Crippen LogP contribution is 2.34. The van der Waals surface area contributed by atoms with Crippen molar-refractivity contribution in [1.82, 2.24) is 4.98 Å². The van der Waals surface area contributed by atoms with E-state index in [9.17, 15) is 9.18 Å². The fourth-order valence-electron chi connectivity index (χ4n) is 1.94. The molecule has 0 bridgehead atoms. The van der Waals surface area contributed by atoms with E-state index in [0.29, 0.717) is 5.75 Å². The van der Waals surface area contributed by atoms with Crippen LogP contribution in [0.2, 0.25) is 0 Å². The predicted octanol–water partition coefficient (Wildman–Crippen LogP) is 4.01. The summed E-state index contributed by atoms with van der Waals surface area (Å²) < 4.78 is 19.6. The Morgan fingerprint density at radius 1 is 1.24 bits per heavy atom. The van der Waals surface area contributed by atoms with Gasteiger partial charge in [-0.05, 0) is 17.5 Å². The molecule has 0 spiro atoms. The van der Waals surface area contributed by atoms with Crippen molar-refractivity contribution < 1.29 is 19.0 Å². The van der Waals surface area contributed by atoms with Crippen molar-refractivity contribution in [3.63, 3.8) is 0 Å². The highest BCUT2D eigenvalue weighted by atomic mass is 19.1. The Kier molecular flexibility index (Phi) is 3.93. The van der Waals surface area contributed by atoms with E-state index in [1.165, 1.54) is 6.20 Å². The number of carboxylic acid groups (broad SMARTS) is 1. The van der Waals surface area contributed by atoms with Crippen molar-refractivity contribution in [3.05, 3.63) is 53.5 Å². The van der Waals surface area contributed by atoms with Gasteiger partial charge in [-0.15, -0.1) is 0 Å². The van der Waals surface area contributed by atoms with Crippen LogP contribution in [0.15, 0.2) is 36.5 Å². The van der Waals surface area contributed by atoms with Crippen molar-refractivity contribution in [2.24, 2.45) is 0 Å². The van der Waals surface area contributed by atoms with Gasteiger partial charge in [0, 0.05) is 11.8 Å². The van der Waals surface area contributed by atoms with Gasteiger partial charge >= 0.3 is 5.97 Å². The number of pyridine rings is 1. The molecule has 4 nitrogen and oxygen atoms in total. The molecule has 0 atom stereocenters. The number of carboxylic acids is 1. The van der Waals surface area contributed by atoms with Crippen LogP contribution in [-0.4, -0.2) is 16.1 Å². The number of nitrogens with zero attached hydrogens (tertiary/aromatic N) is 1. The lowest BCUT2D eigenvalue weighted by Gasteiger charge is -2.22. The van der Waals surface area contributed by atoms with E-state index in [1.54, 1.807) is 12.1 Å². The normalized spacial score (nSPS) is 11.2. The Morgan fingerprint density at radius 3 is 2.52 bits per heavy atom. The first-order valence-electron chi connectivity index (χ1n) is 6.46. The summed E-state index contributed by atoms with van der Waals surface area (Å²) in [6, 6.07) is 8.32. The van der Waals surface area contributed by atoms with E-state index in [2.05, 4.69) is 4.98 Å². The lowest BCUT2D eigenvalue weighted by Crippen LogP contribution is -2.13. The molecule has 1 aromatic heterocycles. The van der Waals surface area contributed by atoms with Gasteiger partial charge in [-0.3, -0.25) is 0 Å². The molecule has 0 saturated heterocycles. The van der Waals surface area contributed by atoms with E-state index in [4.69, 9.17) is 9.84 Å². The monoisotopic (exact) mass is 289 g/mol. The van der Waals surface area contributed by atoms with Crippen LogP contribution < -0.4 is 4.74 Å². The number of para-hydroxylation sites is 1. The largest absolute Gasteiger partial charge is 0.478 e. The molecule has 5 heteroatoms. The highest BCUT2D eigenvalue weighted by Gasteiger charge is 2.21. The van der Waals surface area contributed by atoms with Gasteiger partial charge in [0.05, 0.1) is 0 Å². The van der Waals surface area contributed by atoms with Gasteiger partial charge < -0.3 is 9.84 Å². The second-order valence-corrected chi connectivity index (χ2v) is 5.63. The van der Waals surface area contributed by atoms with Crippen LogP contribution in [-0.2, 0) is 5.41 Å². The molecule has 1 N–H and O–H groups in total. The van der Waals surface area contributed by atoms with Crippen molar-refractivity contribution >= 4 is 5.97 Å². The van der Waals surface area contributed by atoms with Gasteiger partial charge in [0.2, 0.25) is 0 Å². The Bertz CT molecular complexity index is 677. The number of aromatic carboxylic acids is 1. The number of carbonyl (C=O) groups is 1. The van der Waals surface area contributed by atoms with Crippen molar-refractivity contribution in [2.45, 2.75) is 26.2 Å².